The lowest BCUT2D eigenvalue weighted by Crippen LogP contribution is -2.13. The fourth-order valence-electron chi connectivity index (χ4n) is 1.73. The molecule has 0 bridgehead atoms. The Morgan fingerprint density at radius 3 is 2.41 bits per heavy atom. The maximum absolute atomic E-state index is 13.4. The van der Waals surface area contributed by atoms with E-state index >= 15 is 0 Å². The van der Waals surface area contributed by atoms with Gasteiger partial charge in [0.2, 0.25) is 0 Å². The largest absolute Gasteiger partial charge is 0.372 e. The Kier molecular flexibility index (Phi) is 3.08. The van der Waals surface area contributed by atoms with E-state index in [0.717, 1.165) is 5.69 Å². The minimum absolute atomic E-state index is 0.110. The number of anilines is 1. The van der Waals surface area contributed by atoms with Crippen LogP contribution in [0.15, 0.2) is 30.5 Å². The Balaban J connectivity index is 2.25. The van der Waals surface area contributed by atoms with E-state index in [-0.39, 0.29) is 11.7 Å². The van der Waals surface area contributed by atoms with Crippen LogP contribution in [0.4, 0.5) is 14.5 Å². The van der Waals surface area contributed by atoms with Crippen LogP contribution < -0.4 is 5.32 Å². The van der Waals surface area contributed by atoms with Crippen molar-refractivity contribution in [3.63, 3.8) is 0 Å². The number of rotatable bonds is 3. The molecule has 17 heavy (non-hydrogen) atoms. The van der Waals surface area contributed by atoms with Crippen molar-refractivity contribution in [2.24, 2.45) is 7.05 Å². The van der Waals surface area contributed by atoms with Crippen molar-refractivity contribution in [3.05, 3.63) is 47.8 Å². The number of halogens is 2. The van der Waals surface area contributed by atoms with Crippen LogP contribution in [0.2, 0.25) is 0 Å². The minimum atomic E-state index is -0.598. The third kappa shape index (κ3) is 2.27. The Morgan fingerprint density at radius 1 is 1.24 bits per heavy atom. The van der Waals surface area contributed by atoms with Crippen LogP contribution in [0.25, 0.3) is 0 Å². The predicted molar refractivity (Wildman–Crippen MR) is 61.6 cm³/mol. The van der Waals surface area contributed by atoms with E-state index in [2.05, 4.69) is 10.4 Å². The molecule has 0 amide bonds. The van der Waals surface area contributed by atoms with E-state index in [9.17, 15) is 8.78 Å². The number of para-hydroxylation sites is 1. The van der Waals surface area contributed by atoms with Crippen LogP contribution in [0.1, 0.15) is 18.7 Å². The van der Waals surface area contributed by atoms with E-state index in [1.54, 1.807) is 24.0 Å². The lowest BCUT2D eigenvalue weighted by Gasteiger charge is -2.16. The van der Waals surface area contributed by atoms with Gasteiger partial charge in [0.15, 0.2) is 0 Å². The summed E-state index contributed by atoms with van der Waals surface area (Å²) in [7, 11) is 1.78. The molecule has 1 unspecified atom stereocenters. The highest BCUT2D eigenvalue weighted by Crippen LogP contribution is 2.23. The van der Waals surface area contributed by atoms with Gasteiger partial charge >= 0.3 is 0 Å². The van der Waals surface area contributed by atoms with Crippen LogP contribution in [-0.4, -0.2) is 9.78 Å². The van der Waals surface area contributed by atoms with Crippen molar-refractivity contribution in [1.82, 2.24) is 9.78 Å². The van der Waals surface area contributed by atoms with Gasteiger partial charge in [-0.05, 0) is 25.1 Å². The molecule has 0 saturated heterocycles. The van der Waals surface area contributed by atoms with E-state index in [0.29, 0.717) is 0 Å². The molecular weight excluding hydrogens is 224 g/mol. The van der Waals surface area contributed by atoms with Crippen molar-refractivity contribution in [1.29, 1.82) is 0 Å². The number of aromatic nitrogens is 2. The van der Waals surface area contributed by atoms with Crippen LogP contribution in [-0.2, 0) is 7.05 Å². The zero-order valence-corrected chi connectivity index (χ0v) is 9.61. The molecule has 2 rings (SSSR count). The van der Waals surface area contributed by atoms with E-state index < -0.39 is 11.6 Å². The third-order valence-corrected chi connectivity index (χ3v) is 2.63. The molecule has 1 atom stereocenters. The topological polar surface area (TPSA) is 29.9 Å². The predicted octanol–water partition coefficient (Wildman–Crippen LogP) is 2.87. The van der Waals surface area contributed by atoms with Gasteiger partial charge in [-0.1, -0.05) is 6.07 Å². The maximum atomic E-state index is 13.4. The highest BCUT2D eigenvalue weighted by atomic mass is 19.1. The lowest BCUT2D eigenvalue weighted by molar-refractivity contribution is 0.581. The molecule has 90 valence electrons. The zero-order valence-electron chi connectivity index (χ0n) is 9.61. The third-order valence-electron chi connectivity index (χ3n) is 2.63. The SMILES string of the molecule is CC(Nc1c(F)cccc1F)c1ccnn1C. The average Bonchev–Trinajstić information content (AvgIpc) is 2.70. The first-order valence-electron chi connectivity index (χ1n) is 5.28. The molecule has 0 aliphatic carbocycles. The summed E-state index contributed by atoms with van der Waals surface area (Å²) in [5.74, 6) is -1.20. The van der Waals surface area contributed by atoms with Gasteiger partial charge in [-0.3, -0.25) is 4.68 Å². The summed E-state index contributed by atoms with van der Waals surface area (Å²) in [6, 6.07) is 5.36. The fourth-order valence-corrected chi connectivity index (χ4v) is 1.73. The average molecular weight is 237 g/mol. The monoisotopic (exact) mass is 237 g/mol. The Morgan fingerprint density at radius 2 is 1.88 bits per heavy atom. The second kappa shape index (κ2) is 4.53. The molecule has 1 N–H and O–H groups in total. The summed E-state index contributed by atoms with van der Waals surface area (Å²) in [5.41, 5.74) is 0.744. The quantitative estimate of drug-likeness (QED) is 0.889. The lowest BCUT2D eigenvalue weighted by atomic mass is 10.2. The highest BCUT2D eigenvalue weighted by Gasteiger charge is 2.14. The van der Waals surface area contributed by atoms with Gasteiger partial charge in [-0.2, -0.15) is 5.10 Å². The highest BCUT2D eigenvalue weighted by molar-refractivity contribution is 5.47. The number of nitrogens with one attached hydrogen (secondary N) is 1. The number of benzene rings is 1. The molecule has 0 aliphatic heterocycles. The van der Waals surface area contributed by atoms with E-state index in [1.807, 2.05) is 6.92 Å². The Hall–Kier alpha value is -1.91. The molecule has 1 aromatic carbocycles. The van der Waals surface area contributed by atoms with Crippen LogP contribution in [0, 0.1) is 11.6 Å². The van der Waals surface area contributed by atoms with Crippen molar-refractivity contribution in [2.75, 3.05) is 5.32 Å². The number of hydrogen-bond acceptors (Lipinski definition) is 2. The summed E-state index contributed by atoms with van der Waals surface area (Å²) in [5, 5.41) is 6.82. The first kappa shape index (κ1) is 11.6. The standard InChI is InChI=1S/C12H13F2N3/c1-8(11-6-7-15-17(11)2)16-12-9(13)4-3-5-10(12)14/h3-8,16H,1-2H3. The van der Waals surface area contributed by atoms with Gasteiger partial charge in [0.05, 0.1) is 11.7 Å². The molecule has 0 saturated carbocycles. The van der Waals surface area contributed by atoms with Gasteiger partial charge in [-0.15, -0.1) is 0 Å². The molecular formula is C12H13F2N3. The number of hydrogen-bond donors (Lipinski definition) is 1. The van der Waals surface area contributed by atoms with Crippen molar-refractivity contribution >= 4 is 5.69 Å². The molecule has 0 aliphatic rings. The van der Waals surface area contributed by atoms with E-state index in [4.69, 9.17) is 0 Å². The summed E-state index contributed by atoms with van der Waals surface area (Å²) >= 11 is 0. The number of aryl methyl sites for hydroxylation is 1. The first-order chi connectivity index (χ1) is 8.09. The number of nitrogens with zero attached hydrogens (tertiary/aromatic N) is 2. The smallest absolute Gasteiger partial charge is 0.149 e. The second-order valence-electron chi connectivity index (χ2n) is 3.84. The van der Waals surface area contributed by atoms with Crippen LogP contribution in [0.3, 0.4) is 0 Å². The molecule has 1 aromatic heterocycles. The van der Waals surface area contributed by atoms with Crippen LogP contribution in [0.5, 0.6) is 0 Å². The van der Waals surface area contributed by atoms with E-state index in [1.165, 1.54) is 18.2 Å². The van der Waals surface area contributed by atoms with Crippen molar-refractivity contribution < 1.29 is 8.78 Å². The summed E-state index contributed by atoms with van der Waals surface area (Å²) in [6.07, 6.45) is 1.64. The van der Waals surface area contributed by atoms with Crippen molar-refractivity contribution in [3.8, 4) is 0 Å². The first-order valence-corrected chi connectivity index (χ1v) is 5.28. The molecule has 3 nitrogen and oxygen atoms in total. The minimum Gasteiger partial charge on any atom is -0.372 e. The van der Waals surface area contributed by atoms with Crippen LogP contribution >= 0.6 is 0 Å². The zero-order chi connectivity index (χ0) is 12.4. The van der Waals surface area contributed by atoms with Gasteiger partial charge in [0.25, 0.3) is 0 Å². The van der Waals surface area contributed by atoms with Gasteiger partial charge in [-0.25, -0.2) is 8.78 Å². The molecule has 0 fully saturated rings. The van der Waals surface area contributed by atoms with Gasteiger partial charge in [0, 0.05) is 13.2 Å². The normalized spacial score (nSPS) is 12.5. The van der Waals surface area contributed by atoms with Crippen molar-refractivity contribution in [2.45, 2.75) is 13.0 Å². The molecule has 0 radical (unpaired) electrons. The Bertz CT molecular complexity index is 502. The second-order valence-corrected chi connectivity index (χ2v) is 3.84. The molecule has 0 spiro atoms. The van der Waals surface area contributed by atoms with Gasteiger partial charge in [0.1, 0.15) is 17.3 Å². The summed E-state index contributed by atoms with van der Waals surface area (Å²) in [6.45, 7) is 1.82. The van der Waals surface area contributed by atoms with Gasteiger partial charge < -0.3 is 5.32 Å². The fraction of sp³-hybridized carbons (Fsp3) is 0.250. The maximum Gasteiger partial charge on any atom is 0.149 e. The molecule has 1 heterocycles. The Labute approximate surface area is 98.1 Å². The molecule has 2 aromatic rings. The summed E-state index contributed by atoms with van der Waals surface area (Å²) < 4.78 is 28.5. The molecule has 5 heteroatoms. The summed E-state index contributed by atoms with van der Waals surface area (Å²) in [4.78, 5) is 0.